The van der Waals surface area contributed by atoms with Crippen molar-refractivity contribution in [3.8, 4) is 0 Å². The zero-order valence-corrected chi connectivity index (χ0v) is 9.51. The van der Waals surface area contributed by atoms with Crippen molar-refractivity contribution in [1.29, 1.82) is 0 Å². The summed E-state index contributed by atoms with van der Waals surface area (Å²) in [5, 5.41) is 0. The maximum atomic E-state index is 2.56. The van der Waals surface area contributed by atoms with Crippen LogP contribution in [0.2, 0.25) is 0 Å². The molecule has 0 saturated heterocycles. The van der Waals surface area contributed by atoms with E-state index in [2.05, 4.69) is 28.4 Å². The monoisotopic (exact) mass is 352 g/mol. The third-order valence-corrected chi connectivity index (χ3v) is 0. The van der Waals surface area contributed by atoms with E-state index in [0.717, 1.165) is 0 Å². The fraction of sp³-hybridized carbons (Fsp3) is 0. The van der Waals surface area contributed by atoms with Crippen LogP contribution in [0.25, 0.3) is 0 Å². The SMILES string of the molecule is [Mo].[Nb].[Se][SeH]. The molecule has 4 heteroatoms. The van der Waals surface area contributed by atoms with Gasteiger partial charge in [-0.2, -0.15) is 0 Å². The molecule has 0 nitrogen and oxygen atoms in total. The predicted octanol–water partition coefficient (Wildman–Crippen LogP) is -1.03. The van der Waals surface area contributed by atoms with Crippen LogP contribution in [0.15, 0.2) is 0 Å². The van der Waals surface area contributed by atoms with Crippen molar-refractivity contribution in [2.75, 3.05) is 0 Å². The topological polar surface area (TPSA) is 0 Å². The predicted molar refractivity (Wildman–Crippen MR) is 12.9 cm³/mol. The molecule has 0 aromatic carbocycles. The Balaban J connectivity index is -0.00000000500. The van der Waals surface area contributed by atoms with E-state index in [1.807, 2.05) is 0 Å². The van der Waals surface area contributed by atoms with E-state index in [-0.39, 0.29) is 43.4 Å². The van der Waals surface area contributed by atoms with Gasteiger partial charge >= 0.3 is 28.4 Å². The molecule has 0 rings (SSSR count). The van der Waals surface area contributed by atoms with E-state index < -0.39 is 0 Å². The summed E-state index contributed by atoms with van der Waals surface area (Å²) >= 11 is 4.75. The van der Waals surface area contributed by atoms with Gasteiger partial charge in [-0.05, 0) is 0 Å². The maximum absolute atomic E-state index is 2.56. The Hall–Kier alpha value is 2.47. The molecule has 0 aromatic rings. The van der Waals surface area contributed by atoms with Crippen molar-refractivity contribution in [2.24, 2.45) is 0 Å². The van der Waals surface area contributed by atoms with Gasteiger partial charge in [0.15, 0.2) is 0 Å². The van der Waals surface area contributed by atoms with Gasteiger partial charge in [0.2, 0.25) is 0 Å². The molecule has 0 N–H and O–H groups in total. The first-order valence-electron chi connectivity index (χ1n) is 0.183. The van der Waals surface area contributed by atoms with Gasteiger partial charge in [0.05, 0.1) is 0 Å². The van der Waals surface area contributed by atoms with Crippen LogP contribution in [-0.4, -0.2) is 28.4 Å². The van der Waals surface area contributed by atoms with Gasteiger partial charge < -0.3 is 0 Å². The summed E-state index contributed by atoms with van der Waals surface area (Å²) in [6.45, 7) is 0. The van der Waals surface area contributed by atoms with E-state index in [4.69, 9.17) is 0 Å². The van der Waals surface area contributed by atoms with Crippen molar-refractivity contribution >= 4 is 28.4 Å². The molecule has 24 valence electrons. The molecule has 0 unspecified atom stereocenters. The molecule has 0 bridgehead atoms. The van der Waals surface area contributed by atoms with Crippen molar-refractivity contribution < 1.29 is 43.4 Å². The van der Waals surface area contributed by atoms with Crippen molar-refractivity contribution in [1.82, 2.24) is 0 Å². The third kappa shape index (κ3) is 8.82. The molecule has 0 heterocycles. The van der Waals surface area contributed by atoms with Gasteiger partial charge in [-0.15, -0.1) is 0 Å². The quantitative estimate of drug-likeness (QED) is 0.491. The molecule has 0 aliphatic heterocycles. The third-order valence-electron chi connectivity index (χ3n) is 0. The van der Waals surface area contributed by atoms with Crippen LogP contribution in [-0.2, 0) is 43.4 Å². The molecule has 0 aliphatic carbocycles. The number of rotatable bonds is 0. The van der Waals surface area contributed by atoms with Crippen molar-refractivity contribution in [2.45, 2.75) is 0 Å². The van der Waals surface area contributed by atoms with Crippen LogP contribution in [0, 0.1) is 0 Å². The Morgan fingerprint density at radius 3 is 1.25 bits per heavy atom. The summed E-state index contributed by atoms with van der Waals surface area (Å²) in [4.78, 5) is 0. The second kappa shape index (κ2) is 17.9. The average Bonchev–Trinajstić information content (AvgIpc) is 1.00. The fourth-order valence-electron chi connectivity index (χ4n) is 0. The Morgan fingerprint density at radius 2 is 1.25 bits per heavy atom. The molecule has 2 radical (unpaired) electrons. The van der Waals surface area contributed by atoms with Crippen molar-refractivity contribution in [3.63, 3.8) is 0 Å². The Kier molecular flexibility index (Phi) is 72.0. The first-order chi connectivity index (χ1) is 1.00. The van der Waals surface area contributed by atoms with E-state index in [1.165, 1.54) is 0 Å². The molecule has 4 heavy (non-hydrogen) atoms. The van der Waals surface area contributed by atoms with Gasteiger partial charge in [0, 0.05) is 43.4 Å². The summed E-state index contributed by atoms with van der Waals surface area (Å²) < 4.78 is 0. The standard InChI is InChI=1S/Mo.Nb.HSe2/c;;1-2/h;;1H. The summed E-state index contributed by atoms with van der Waals surface area (Å²) in [7, 11) is 0. The summed E-state index contributed by atoms with van der Waals surface area (Å²) in [5.74, 6) is 0. The van der Waals surface area contributed by atoms with Crippen LogP contribution < -0.4 is 0 Å². The zero-order chi connectivity index (χ0) is 2.00. The number of hydrogen-bond acceptors (Lipinski definition) is 0. The number of hydrogen-bond donors (Lipinski definition) is 0. The molecule has 0 aromatic heterocycles. The molecule has 0 aliphatic rings. The van der Waals surface area contributed by atoms with Gasteiger partial charge in [0.1, 0.15) is 0 Å². The van der Waals surface area contributed by atoms with E-state index in [1.54, 1.807) is 0 Å². The second-order valence-corrected chi connectivity index (χ2v) is 0. The normalized spacial score (nSPS) is 1.50. The molecule has 0 fully saturated rings. The Bertz CT molecular complexity index is 6.00. The van der Waals surface area contributed by atoms with Crippen molar-refractivity contribution in [3.05, 3.63) is 0 Å². The summed E-state index contributed by atoms with van der Waals surface area (Å²) in [6, 6.07) is 0. The van der Waals surface area contributed by atoms with Crippen LogP contribution in [0.1, 0.15) is 0 Å². The average molecular weight is 348 g/mol. The van der Waals surface area contributed by atoms with E-state index in [0.29, 0.717) is 0 Å². The van der Waals surface area contributed by atoms with Gasteiger partial charge in [-0.3, -0.25) is 0 Å². The second-order valence-electron chi connectivity index (χ2n) is 0. The first-order valence-corrected chi connectivity index (χ1v) is 4.93. The van der Waals surface area contributed by atoms with E-state index >= 15 is 0 Å². The molecular formula is HMoNbSe2. The molecule has 0 atom stereocenters. The van der Waals surface area contributed by atoms with Gasteiger partial charge in [-0.1, -0.05) is 0 Å². The molecule has 0 amide bonds. The minimum absolute atomic E-state index is 0. The fourth-order valence-corrected chi connectivity index (χ4v) is 0. The Labute approximate surface area is 70.8 Å². The molecule has 0 spiro atoms. The summed E-state index contributed by atoms with van der Waals surface area (Å²) in [5.41, 5.74) is 0. The zero-order valence-electron chi connectivity index (χ0n) is 1.71. The van der Waals surface area contributed by atoms with Crippen LogP contribution >= 0.6 is 0 Å². The van der Waals surface area contributed by atoms with Crippen LogP contribution in [0.3, 0.4) is 0 Å². The minimum atomic E-state index is 0. The summed E-state index contributed by atoms with van der Waals surface area (Å²) in [6.07, 6.45) is 0. The Morgan fingerprint density at radius 1 is 1.25 bits per heavy atom. The first kappa shape index (κ1) is 16.1. The van der Waals surface area contributed by atoms with E-state index in [9.17, 15) is 0 Å². The van der Waals surface area contributed by atoms with Gasteiger partial charge in [-0.25, -0.2) is 0 Å². The molecular weight excluding hydrogens is 347 g/mol. The van der Waals surface area contributed by atoms with Crippen LogP contribution in [0.4, 0.5) is 0 Å². The molecule has 0 saturated carbocycles. The van der Waals surface area contributed by atoms with Gasteiger partial charge in [0.25, 0.3) is 0 Å². The van der Waals surface area contributed by atoms with Crippen LogP contribution in [0.5, 0.6) is 0 Å².